The largest absolute Gasteiger partial charge is 0.481 e. The molecule has 1 amide bonds. The molecule has 0 aliphatic carbocycles. The Morgan fingerprint density at radius 3 is 2.76 bits per heavy atom. The predicted molar refractivity (Wildman–Crippen MR) is 98.0 cm³/mol. The summed E-state index contributed by atoms with van der Waals surface area (Å²) >= 11 is 1.58. The zero-order chi connectivity index (χ0) is 18.2. The molecule has 1 aliphatic heterocycles. The Labute approximate surface area is 150 Å². The summed E-state index contributed by atoms with van der Waals surface area (Å²) in [6, 6.07) is 5.27. The Kier molecular flexibility index (Phi) is 4.53. The van der Waals surface area contributed by atoms with Crippen LogP contribution in [0.5, 0.6) is 0 Å². The highest BCUT2D eigenvalue weighted by Gasteiger charge is 2.43. The first-order valence-electron chi connectivity index (χ1n) is 8.22. The number of fused-ring (bicyclic) bond motifs is 1. The van der Waals surface area contributed by atoms with Crippen molar-refractivity contribution < 1.29 is 19.1 Å². The van der Waals surface area contributed by atoms with E-state index in [1.165, 1.54) is 0 Å². The van der Waals surface area contributed by atoms with E-state index in [-0.39, 0.29) is 17.7 Å². The summed E-state index contributed by atoms with van der Waals surface area (Å²) in [6.07, 6.45) is 0.511. The number of nitrogens with one attached hydrogen (secondary N) is 1. The van der Waals surface area contributed by atoms with E-state index < -0.39 is 11.4 Å². The van der Waals surface area contributed by atoms with Gasteiger partial charge in [-0.05, 0) is 30.4 Å². The van der Waals surface area contributed by atoms with Gasteiger partial charge in [-0.25, -0.2) is 4.98 Å². The molecule has 1 fully saturated rings. The molecule has 1 atom stereocenters. The smallest absolute Gasteiger partial charge is 0.311 e. The highest BCUT2D eigenvalue weighted by molar-refractivity contribution is 7.99. The first-order valence-corrected chi connectivity index (χ1v) is 9.37. The zero-order valence-corrected chi connectivity index (χ0v) is 15.4. The van der Waals surface area contributed by atoms with Crippen LogP contribution >= 0.6 is 11.8 Å². The molecule has 2 heterocycles. The molecule has 1 saturated heterocycles. The third-order valence-electron chi connectivity index (χ3n) is 4.37. The first kappa shape index (κ1) is 17.8. The van der Waals surface area contributed by atoms with E-state index in [9.17, 15) is 14.7 Å². The third kappa shape index (κ3) is 3.66. The van der Waals surface area contributed by atoms with Crippen LogP contribution in [0.1, 0.15) is 39.5 Å². The Hall–Kier alpha value is -2.02. The molecule has 25 heavy (non-hydrogen) atoms. The number of carboxylic acids is 1. The predicted octanol–water partition coefficient (Wildman–Crippen LogP) is 3.66. The standard InChI is InChI=1S/C18H22N2O4S/c1-17(2,3)15-20-12-8-11(4-5-13(12)24-15)19-14(21)9-18(16(22)23)6-7-25-10-18/h4-5,8H,6-7,9-10H2,1-3H3,(H,19,21)(H,22,23)/t18-/m1/s1. The van der Waals surface area contributed by atoms with Gasteiger partial charge in [-0.3, -0.25) is 9.59 Å². The van der Waals surface area contributed by atoms with Crippen LogP contribution in [0, 0.1) is 5.41 Å². The maximum atomic E-state index is 12.4. The normalized spacial score (nSPS) is 20.8. The second kappa shape index (κ2) is 6.37. The van der Waals surface area contributed by atoms with Gasteiger partial charge in [-0.2, -0.15) is 11.8 Å². The van der Waals surface area contributed by atoms with Crippen molar-refractivity contribution in [2.75, 3.05) is 16.8 Å². The van der Waals surface area contributed by atoms with Crippen molar-refractivity contribution in [3.8, 4) is 0 Å². The van der Waals surface area contributed by atoms with Crippen molar-refractivity contribution in [3.63, 3.8) is 0 Å². The van der Waals surface area contributed by atoms with Crippen LogP contribution < -0.4 is 5.32 Å². The molecule has 0 saturated carbocycles. The van der Waals surface area contributed by atoms with Gasteiger partial charge in [-0.15, -0.1) is 0 Å². The monoisotopic (exact) mass is 362 g/mol. The van der Waals surface area contributed by atoms with Crippen LogP contribution in [0.2, 0.25) is 0 Å². The molecule has 7 heteroatoms. The molecular formula is C18H22N2O4S. The van der Waals surface area contributed by atoms with E-state index in [1.54, 1.807) is 30.0 Å². The van der Waals surface area contributed by atoms with Crippen LogP contribution in [0.15, 0.2) is 22.6 Å². The quantitative estimate of drug-likeness (QED) is 0.862. The average molecular weight is 362 g/mol. The summed E-state index contributed by atoms with van der Waals surface area (Å²) in [4.78, 5) is 28.4. The van der Waals surface area contributed by atoms with Gasteiger partial charge in [-0.1, -0.05) is 20.8 Å². The maximum absolute atomic E-state index is 12.4. The minimum Gasteiger partial charge on any atom is -0.481 e. The number of carbonyl (C=O) groups is 2. The van der Waals surface area contributed by atoms with E-state index in [2.05, 4.69) is 10.3 Å². The van der Waals surface area contributed by atoms with Crippen molar-refractivity contribution in [2.45, 2.75) is 39.0 Å². The van der Waals surface area contributed by atoms with Crippen LogP contribution in [-0.4, -0.2) is 33.5 Å². The fourth-order valence-corrected chi connectivity index (χ4v) is 4.27. The van der Waals surface area contributed by atoms with Crippen molar-refractivity contribution in [3.05, 3.63) is 24.1 Å². The summed E-state index contributed by atoms with van der Waals surface area (Å²) in [7, 11) is 0. The number of hydrogen-bond acceptors (Lipinski definition) is 5. The number of aromatic nitrogens is 1. The second-order valence-electron chi connectivity index (χ2n) is 7.56. The lowest BCUT2D eigenvalue weighted by molar-refractivity contribution is -0.149. The summed E-state index contributed by atoms with van der Waals surface area (Å²) < 4.78 is 5.74. The van der Waals surface area contributed by atoms with E-state index in [1.807, 2.05) is 20.8 Å². The summed E-state index contributed by atoms with van der Waals surface area (Å²) in [5.41, 5.74) is 0.782. The van der Waals surface area contributed by atoms with Crippen molar-refractivity contribution in [1.29, 1.82) is 0 Å². The van der Waals surface area contributed by atoms with Crippen LogP contribution in [-0.2, 0) is 15.0 Å². The van der Waals surface area contributed by atoms with E-state index >= 15 is 0 Å². The van der Waals surface area contributed by atoms with E-state index in [4.69, 9.17) is 4.42 Å². The van der Waals surface area contributed by atoms with Gasteiger partial charge in [0, 0.05) is 23.3 Å². The molecule has 134 valence electrons. The topological polar surface area (TPSA) is 92.4 Å². The maximum Gasteiger partial charge on any atom is 0.311 e. The third-order valence-corrected chi connectivity index (χ3v) is 5.62. The van der Waals surface area contributed by atoms with Gasteiger partial charge in [0.15, 0.2) is 5.58 Å². The molecule has 0 unspecified atom stereocenters. The minimum atomic E-state index is -0.952. The molecule has 1 aliphatic rings. The van der Waals surface area contributed by atoms with Gasteiger partial charge < -0.3 is 14.8 Å². The summed E-state index contributed by atoms with van der Waals surface area (Å²) in [5.74, 6) is 0.713. The highest BCUT2D eigenvalue weighted by Crippen LogP contribution is 2.39. The van der Waals surface area contributed by atoms with Crippen LogP contribution in [0.3, 0.4) is 0 Å². The Morgan fingerprint density at radius 1 is 1.40 bits per heavy atom. The Morgan fingerprint density at radius 2 is 2.16 bits per heavy atom. The molecule has 1 aromatic heterocycles. The van der Waals surface area contributed by atoms with E-state index in [0.717, 1.165) is 5.75 Å². The number of carboxylic acid groups (broad SMARTS) is 1. The first-order chi connectivity index (χ1) is 11.7. The van der Waals surface area contributed by atoms with Gasteiger partial charge >= 0.3 is 5.97 Å². The number of hydrogen-bond donors (Lipinski definition) is 2. The lowest BCUT2D eigenvalue weighted by Gasteiger charge is -2.22. The van der Waals surface area contributed by atoms with Gasteiger partial charge in [0.05, 0.1) is 5.41 Å². The molecule has 1 aromatic carbocycles. The van der Waals surface area contributed by atoms with Crippen molar-refractivity contribution >= 4 is 40.4 Å². The fourth-order valence-electron chi connectivity index (χ4n) is 2.83. The molecule has 2 aromatic rings. The molecule has 0 spiro atoms. The number of carbonyl (C=O) groups excluding carboxylic acids is 1. The van der Waals surface area contributed by atoms with Crippen molar-refractivity contribution in [2.24, 2.45) is 5.41 Å². The number of oxazole rings is 1. The number of amides is 1. The fraction of sp³-hybridized carbons (Fsp3) is 0.500. The number of aliphatic carboxylic acids is 1. The van der Waals surface area contributed by atoms with Crippen molar-refractivity contribution in [1.82, 2.24) is 4.98 Å². The SMILES string of the molecule is CC(C)(C)c1nc2cc(NC(=O)C[C@]3(C(=O)O)CCSC3)ccc2o1. The minimum absolute atomic E-state index is 0.0145. The molecule has 0 bridgehead atoms. The molecule has 0 radical (unpaired) electrons. The lowest BCUT2D eigenvalue weighted by Crippen LogP contribution is -2.35. The molecule has 6 nitrogen and oxygen atoms in total. The average Bonchev–Trinajstić information content (AvgIpc) is 3.13. The Balaban J connectivity index is 1.76. The van der Waals surface area contributed by atoms with Crippen LogP contribution in [0.25, 0.3) is 11.1 Å². The number of anilines is 1. The summed E-state index contributed by atoms with van der Waals surface area (Å²) in [6.45, 7) is 6.06. The summed E-state index contributed by atoms with van der Waals surface area (Å²) in [5, 5.41) is 12.3. The van der Waals surface area contributed by atoms with E-state index in [0.29, 0.717) is 34.9 Å². The lowest BCUT2D eigenvalue weighted by atomic mass is 9.84. The Bertz CT molecular complexity index is 816. The van der Waals surface area contributed by atoms with Gasteiger partial charge in [0.2, 0.25) is 11.8 Å². The van der Waals surface area contributed by atoms with Crippen LogP contribution in [0.4, 0.5) is 5.69 Å². The second-order valence-corrected chi connectivity index (χ2v) is 8.67. The number of nitrogens with zero attached hydrogens (tertiary/aromatic N) is 1. The molecular weight excluding hydrogens is 340 g/mol. The number of benzene rings is 1. The molecule has 2 N–H and O–H groups in total. The molecule has 3 rings (SSSR count). The van der Waals surface area contributed by atoms with Gasteiger partial charge in [0.25, 0.3) is 0 Å². The highest BCUT2D eigenvalue weighted by atomic mass is 32.2. The number of thioether (sulfide) groups is 1. The zero-order valence-electron chi connectivity index (χ0n) is 14.6. The van der Waals surface area contributed by atoms with Gasteiger partial charge in [0.1, 0.15) is 5.52 Å². The number of rotatable bonds is 4.